The van der Waals surface area contributed by atoms with Crippen LogP contribution in [0, 0.1) is 18.3 Å². The lowest BCUT2D eigenvalue weighted by atomic mass is 9.98. The summed E-state index contributed by atoms with van der Waals surface area (Å²) in [6.07, 6.45) is 0. The molecule has 0 aliphatic carbocycles. The van der Waals surface area contributed by atoms with Gasteiger partial charge in [0.1, 0.15) is 17.6 Å². The number of aromatic nitrogens is 3. The van der Waals surface area contributed by atoms with Gasteiger partial charge in [-0.1, -0.05) is 0 Å². The van der Waals surface area contributed by atoms with Crippen molar-refractivity contribution in [2.45, 2.75) is 6.92 Å². The first kappa shape index (κ1) is 11.8. The summed E-state index contributed by atoms with van der Waals surface area (Å²) < 4.78 is 1.40. The van der Waals surface area contributed by atoms with Crippen LogP contribution in [0.4, 0.5) is 0 Å². The van der Waals surface area contributed by atoms with Crippen molar-refractivity contribution in [2.24, 2.45) is 7.05 Å². The smallest absolute Gasteiger partial charge is 0.259 e. The second kappa shape index (κ2) is 3.76. The predicted octanol–water partition coefficient (Wildman–Crippen LogP) is 2.25. The summed E-state index contributed by atoms with van der Waals surface area (Å²) >= 11 is 0. The molecular formula is C16H10N4O. The van der Waals surface area contributed by atoms with E-state index in [2.05, 4.69) is 16.0 Å². The summed E-state index contributed by atoms with van der Waals surface area (Å²) in [5.74, 6) is 0.689. The van der Waals surface area contributed by atoms with Gasteiger partial charge in [0.05, 0.1) is 11.0 Å². The summed E-state index contributed by atoms with van der Waals surface area (Å²) in [7, 11) is 1.62. The van der Waals surface area contributed by atoms with Crippen LogP contribution < -0.4 is 5.56 Å². The molecule has 0 atom stereocenters. The predicted molar refractivity (Wildman–Crippen MR) is 80.4 cm³/mol. The molecule has 100 valence electrons. The molecular weight excluding hydrogens is 264 g/mol. The van der Waals surface area contributed by atoms with E-state index in [1.165, 1.54) is 4.57 Å². The van der Waals surface area contributed by atoms with Crippen molar-refractivity contribution in [3.8, 4) is 6.07 Å². The molecule has 2 aromatic carbocycles. The molecule has 2 aromatic heterocycles. The molecule has 0 saturated carbocycles. The molecule has 0 spiro atoms. The Kier molecular flexibility index (Phi) is 2.11. The average molecular weight is 274 g/mol. The minimum atomic E-state index is -0.172. The molecule has 0 fully saturated rings. The van der Waals surface area contributed by atoms with E-state index in [9.17, 15) is 10.1 Å². The van der Waals surface area contributed by atoms with Gasteiger partial charge in [-0.05, 0) is 31.2 Å². The Hall–Kier alpha value is -3.00. The molecule has 5 nitrogen and oxygen atoms in total. The maximum Gasteiger partial charge on any atom is 0.259 e. The van der Waals surface area contributed by atoms with Crippen molar-refractivity contribution in [3.63, 3.8) is 0 Å². The lowest BCUT2D eigenvalue weighted by Gasteiger charge is -2.12. The minimum Gasteiger partial charge on any atom is -0.302 e. The fraction of sp³-hybridized carbons (Fsp3) is 0.125. The largest absolute Gasteiger partial charge is 0.302 e. The van der Waals surface area contributed by atoms with E-state index in [-0.39, 0.29) is 5.56 Å². The maximum absolute atomic E-state index is 12.5. The van der Waals surface area contributed by atoms with Gasteiger partial charge in [-0.15, -0.1) is 0 Å². The number of aryl methyl sites for hydroxylation is 1. The number of nitrogens with zero attached hydrogens (tertiary/aromatic N) is 4. The van der Waals surface area contributed by atoms with Gasteiger partial charge in [0.25, 0.3) is 5.56 Å². The van der Waals surface area contributed by atoms with Crippen LogP contribution in [0.3, 0.4) is 0 Å². The zero-order chi connectivity index (χ0) is 14.7. The van der Waals surface area contributed by atoms with Crippen LogP contribution in [0.2, 0.25) is 0 Å². The molecule has 4 rings (SSSR count). The number of hydrogen-bond acceptors (Lipinski definition) is 4. The molecule has 0 aliphatic heterocycles. The van der Waals surface area contributed by atoms with E-state index in [0.717, 1.165) is 27.2 Å². The van der Waals surface area contributed by atoms with Crippen molar-refractivity contribution in [2.75, 3.05) is 0 Å². The van der Waals surface area contributed by atoms with Gasteiger partial charge >= 0.3 is 0 Å². The Bertz CT molecular complexity index is 1120. The van der Waals surface area contributed by atoms with Gasteiger partial charge in [0, 0.05) is 28.6 Å². The second-order valence-corrected chi connectivity index (χ2v) is 5.11. The van der Waals surface area contributed by atoms with E-state index < -0.39 is 0 Å². The summed E-state index contributed by atoms with van der Waals surface area (Å²) in [6.45, 7) is 1.84. The third kappa shape index (κ3) is 1.36. The number of hydrogen-bond donors (Lipinski definition) is 0. The Labute approximate surface area is 119 Å². The van der Waals surface area contributed by atoms with E-state index in [1.807, 2.05) is 25.1 Å². The number of rotatable bonds is 0. The highest BCUT2D eigenvalue weighted by Crippen LogP contribution is 2.32. The molecule has 4 aromatic rings. The SMILES string of the molecule is Cc1nc2ccc3c(C#N)n(C)c(=O)c4ccc(n1)c2c34. The van der Waals surface area contributed by atoms with Crippen LogP contribution in [0.5, 0.6) is 0 Å². The molecule has 0 radical (unpaired) electrons. The summed E-state index contributed by atoms with van der Waals surface area (Å²) in [5.41, 5.74) is 1.79. The van der Waals surface area contributed by atoms with Crippen LogP contribution in [-0.4, -0.2) is 14.5 Å². The van der Waals surface area contributed by atoms with Gasteiger partial charge in [-0.25, -0.2) is 9.97 Å². The fourth-order valence-corrected chi connectivity index (χ4v) is 2.99. The van der Waals surface area contributed by atoms with Crippen molar-refractivity contribution >= 4 is 32.6 Å². The number of pyridine rings is 1. The van der Waals surface area contributed by atoms with Gasteiger partial charge < -0.3 is 4.57 Å². The fourth-order valence-electron chi connectivity index (χ4n) is 2.99. The van der Waals surface area contributed by atoms with Crippen molar-refractivity contribution in [1.82, 2.24) is 14.5 Å². The molecule has 0 unspecified atom stereocenters. The third-order valence-corrected chi connectivity index (χ3v) is 3.91. The Morgan fingerprint density at radius 2 is 1.67 bits per heavy atom. The van der Waals surface area contributed by atoms with E-state index in [1.54, 1.807) is 13.1 Å². The van der Waals surface area contributed by atoms with Crippen LogP contribution in [-0.2, 0) is 7.05 Å². The summed E-state index contributed by atoms with van der Waals surface area (Å²) in [6, 6.07) is 9.48. The van der Waals surface area contributed by atoms with Crippen LogP contribution >= 0.6 is 0 Å². The molecule has 0 bridgehead atoms. The topological polar surface area (TPSA) is 71.6 Å². The molecule has 0 N–H and O–H groups in total. The zero-order valence-corrected chi connectivity index (χ0v) is 11.5. The van der Waals surface area contributed by atoms with Crippen molar-refractivity contribution in [1.29, 1.82) is 5.26 Å². The highest BCUT2D eigenvalue weighted by atomic mass is 16.1. The van der Waals surface area contributed by atoms with Gasteiger partial charge in [0.2, 0.25) is 0 Å². The maximum atomic E-state index is 12.5. The molecule has 21 heavy (non-hydrogen) atoms. The van der Waals surface area contributed by atoms with Gasteiger partial charge in [0.15, 0.2) is 0 Å². The van der Waals surface area contributed by atoms with E-state index >= 15 is 0 Å². The zero-order valence-electron chi connectivity index (χ0n) is 11.5. The first-order valence-corrected chi connectivity index (χ1v) is 6.54. The summed E-state index contributed by atoms with van der Waals surface area (Å²) in [4.78, 5) is 21.3. The molecule has 0 amide bonds. The minimum absolute atomic E-state index is 0.172. The van der Waals surface area contributed by atoms with Crippen LogP contribution in [0.1, 0.15) is 11.5 Å². The van der Waals surface area contributed by atoms with E-state index in [0.29, 0.717) is 16.9 Å². The first-order valence-electron chi connectivity index (χ1n) is 6.54. The second-order valence-electron chi connectivity index (χ2n) is 5.11. The molecule has 0 saturated heterocycles. The van der Waals surface area contributed by atoms with Gasteiger partial charge in [-0.3, -0.25) is 4.79 Å². The van der Waals surface area contributed by atoms with Gasteiger partial charge in [-0.2, -0.15) is 5.26 Å². The lowest BCUT2D eigenvalue weighted by molar-refractivity contribution is 0.862. The highest BCUT2D eigenvalue weighted by Gasteiger charge is 2.17. The molecule has 0 aliphatic rings. The first-order chi connectivity index (χ1) is 10.1. The average Bonchev–Trinajstić information content (AvgIpc) is 2.48. The quantitative estimate of drug-likeness (QED) is 0.461. The van der Waals surface area contributed by atoms with Crippen LogP contribution in [0.25, 0.3) is 32.6 Å². The number of benzene rings is 2. The van der Waals surface area contributed by atoms with Crippen molar-refractivity contribution < 1.29 is 0 Å². The van der Waals surface area contributed by atoms with Crippen molar-refractivity contribution in [3.05, 3.63) is 46.1 Å². The molecule has 5 heteroatoms. The van der Waals surface area contributed by atoms with Crippen LogP contribution in [0.15, 0.2) is 29.1 Å². The van der Waals surface area contributed by atoms with E-state index in [4.69, 9.17) is 0 Å². The summed E-state index contributed by atoms with van der Waals surface area (Å²) in [5, 5.41) is 12.4. The number of nitriles is 1. The third-order valence-electron chi connectivity index (χ3n) is 3.91. The highest BCUT2D eigenvalue weighted by molar-refractivity contribution is 6.21. The Morgan fingerprint density at radius 1 is 1.05 bits per heavy atom. The Balaban J connectivity index is 2.47. The normalized spacial score (nSPS) is 11.5. The monoisotopic (exact) mass is 274 g/mol. The standard InChI is InChI=1S/C16H10N4O/c1-8-18-11-5-3-9-13(7-17)20(2)16(21)10-4-6-12(19-8)15(11)14(9)10/h3-6H,1-2H3. The lowest BCUT2D eigenvalue weighted by Crippen LogP contribution is -2.20. The Morgan fingerprint density at radius 3 is 2.29 bits per heavy atom. The molecule has 2 heterocycles.